The summed E-state index contributed by atoms with van der Waals surface area (Å²) in [5.41, 5.74) is 2.75. The second kappa shape index (κ2) is 3.60. The van der Waals surface area contributed by atoms with Crippen LogP contribution in [0.3, 0.4) is 0 Å². The van der Waals surface area contributed by atoms with Gasteiger partial charge in [-0.2, -0.15) is 0 Å². The van der Waals surface area contributed by atoms with Gasteiger partial charge in [-0.25, -0.2) is 9.97 Å². The molecule has 0 radical (unpaired) electrons. The third-order valence-corrected chi connectivity index (χ3v) is 3.67. The number of aryl methyl sites for hydroxylation is 1. The molecule has 0 unspecified atom stereocenters. The highest BCUT2D eigenvalue weighted by molar-refractivity contribution is 6.27. The maximum Gasteiger partial charge on any atom is 0.231 e. The van der Waals surface area contributed by atoms with E-state index in [1.807, 2.05) is 25.1 Å². The Balaban J connectivity index is 2.18. The molecule has 0 fully saturated rings. The maximum atomic E-state index is 12.6. The number of nitrogens with zero attached hydrogens (tertiary/aromatic N) is 3. The molecule has 0 bridgehead atoms. The highest BCUT2D eigenvalue weighted by atomic mass is 16.1. The second-order valence-corrected chi connectivity index (χ2v) is 4.72. The van der Waals surface area contributed by atoms with E-state index in [0.717, 1.165) is 11.1 Å². The Labute approximate surface area is 113 Å². The van der Waals surface area contributed by atoms with Crippen molar-refractivity contribution in [3.8, 4) is 0 Å². The van der Waals surface area contributed by atoms with Crippen molar-refractivity contribution in [3.63, 3.8) is 0 Å². The first-order chi connectivity index (χ1) is 9.70. The lowest BCUT2D eigenvalue weighted by molar-refractivity contribution is 0.0967. The normalized spacial score (nSPS) is 13.4. The topological polar surface area (TPSA) is 64.3 Å². The molecule has 1 aliphatic carbocycles. The van der Waals surface area contributed by atoms with Crippen LogP contribution in [0.5, 0.6) is 0 Å². The zero-order chi connectivity index (χ0) is 13.9. The fourth-order valence-electron chi connectivity index (χ4n) is 2.77. The zero-order valence-corrected chi connectivity index (χ0v) is 10.6. The molecule has 3 aromatic rings. The summed E-state index contributed by atoms with van der Waals surface area (Å²) < 4.78 is 1.75. The van der Waals surface area contributed by atoms with E-state index in [1.165, 1.54) is 12.4 Å². The van der Waals surface area contributed by atoms with Gasteiger partial charge < -0.3 is 4.40 Å². The molecule has 0 spiro atoms. The average Bonchev–Trinajstić information content (AvgIpc) is 2.79. The van der Waals surface area contributed by atoms with Gasteiger partial charge in [-0.1, -0.05) is 6.07 Å². The zero-order valence-electron chi connectivity index (χ0n) is 10.6. The van der Waals surface area contributed by atoms with E-state index in [2.05, 4.69) is 9.97 Å². The average molecular weight is 263 g/mol. The minimum Gasteiger partial charge on any atom is -0.313 e. The molecule has 96 valence electrons. The SMILES string of the molecule is Cc1c2c(n3ccccc13)C(=O)c1nccnc1C2=O. The smallest absolute Gasteiger partial charge is 0.231 e. The van der Waals surface area contributed by atoms with Crippen molar-refractivity contribution in [3.05, 3.63) is 65.0 Å². The highest BCUT2D eigenvalue weighted by Gasteiger charge is 2.36. The van der Waals surface area contributed by atoms with Crippen molar-refractivity contribution >= 4 is 17.1 Å². The standard InChI is InChI=1S/C15H9N3O2/c1-8-9-4-2-3-7-18(9)13-10(8)14(19)11-12(15(13)20)17-6-5-16-11/h2-7H,1H3. The fraction of sp³-hybridized carbons (Fsp3) is 0.0667. The quantitative estimate of drug-likeness (QED) is 0.485. The predicted octanol–water partition coefficient (Wildman–Crippen LogP) is 1.81. The summed E-state index contributed by atoms with van der Waals surface area (Å²) in [6.45, 7) is 1.85. The third kappa shape index (κ3) is 1.17. The Morgan fingerprint density at radius 3 is 2.45 bits per heavy atom. The Morgan fingerprint density at radius 2 is 1.70 bits per heavy atom. The van der Waals surface area contributed by atoms with Crippen molar-refractivity contribution in [1.29, 1.82) is 0 Å². The first-order valence-corrected chi connectivity index (χ1v) is 6.20. The molecule has 20 heavy (non-hydrogen) atoms. The fourth-order valence-corrected chi connectivity index (χ4v) is 2.77. The van der Waals surface area contributed by atoms with E-state index in [1.54, 1.807) is 10.6 Å². The summed E-state index contributed by atoms with van der Waals surface area (Å²) in [4.78, 5) is 33.2. The summed E-state index contributed by atoms with van der Waals surface area (Å²) in [7, 11) is 0. The lowest BCUT2D eigenvalue weighted by atomic mass is 9.93. The summed E-state index contributed by atoms with van der Waals surface area (Å²) in [5.74, 6) is -0.485. The van der Waals surface area contributed by atoms with E-state index in [9.17, 15) is 9.59 Å². The van der Waals surface area contributed by atoms with E-state index >= 15 is 0 Å². The Morgan fingerprint density at radius 1 is 1.00 bits per heavy atom. The summed E-state index contributed by atoms with van der Waals surface area (Å²) >= 11 is 0. The van der Waals surface area contributed by atoms with Crippen LogP contribution in [0.1, 0.15) is 37.8 Å². The molecule has 3 aromatic heterocycles. The van der Waals surface area contributed by atoms with Crippen LogP contribution in [0.15, 0.2) is 36.8 Å². The Hall–Kier alpha value is -2.82. The molecule has 0 N–H and O–H groups in total. The van der Waals surface area contributed by atoms with Crippen LogP contribution >= 0.6 is 0 Å². The van der Waals surface area contributed by atoms with Gasteiger partial charge >= 0.3 is 0 Å². The first kappa shape index (κ1) is 11.0. The predicted molar refractivity (Wildman–Crippen MR) is 71.0 cm³/mol. The van der Waals surface area contributed by atoms with Crippen LogP contribution in [0.4, 0.5) is 0 Å². The molecule has 5 heteroatoms. The monoisotopic (exact) mass is 263 g/mol. The van der Waals surface area contributed by atoms with E-state index in [4.69, 9.17) is 0 Å². The molecule has 5 nitrogen and oxygen atoms in total. The number of carbonyl (C=O) groups is 2. The summed E-state index contributed by atoms with van der Waals surface area (Å²) in [6, 6.07) is 5.60. The lowest BCUT2D eigenvalue weighted by Crippen LogP contribution is -2.24. The number of hydrogen-bond acceptors (Lipinski definition) is 4. The van der Waals surface area contributed by atoms with Crippen LogP contribution in [0.2, 0.25) is 0 Å². The largest absolute Gasteiger partial charge is 0.313 e. The lowest BCUT2D eigenvalue weighted by Gasteiger charge is -2.13. The van der Waals surface area contributed by atoms with Gasteiger partial charge in [0.25, 0.3) is 0 Å². The van der Waals surface area contributed by atoms with Gasteiger partial charge in [-0.3, -0.25) is 9.59 Å². The Kier molecular flexibility index (Phi) is 1.99. The molecule has 0 atom stereocenters. The van der Waals surface area contributed by atoms with Gasteiger partial charge in [0.2, 0.25) is 11.6 Å². The number of fused-ring (bicyclic) bond motifs is 4. The van der Waals surface area contributed by atoms with Crippen molar-refractivity contribution in [2.45, 2.75) is 6.92 Å². The number of rotatable bonds is 0. The molecule has 3 heterocycles. The van der Waals surface area contributed by atoms with Gasteiger partial charge in [0.1, 0.15) is 17.1 Å². The number of carbonyl (C=O) groups excluding carboxylic acids is 2. The molecular weight excluding hydrogens is 254 g/mol. The van der Waals surface area contributed by atoms with Crippen molar-refractivity contribution in [1.82, 2.24) is 14.4 Å². The molecule has 0 saturated carbocycles. The van der Waals surface area contributed by atoms with Gasteiger partial charge in [0.05, 0.1) is 5.56 Å². The number of aromatic nitrogens is 3. The Bertz CT molecular complexity index is 909. The number of ketones is 2. The van der Waals surface area contributed by atoms with Crippen molar-refractivity contribution in [2.75, 3.05) is 0 Å². The summed E-state index contributed by atoms with van der Waals surface area (Å²) in [5, 5.41) is 0. The number of pyridine rings is 1. The molecule has 0 aliphatic heterocycles. The minimum atomic E-state index is -0.253. The molecule has 4 rings (SSSR count). The molecule has 0 amide bonds. The van der Waals surface area contributed by atoms with Crippen molar-refractivity contribution in [2.24, 2.45) is 0 Å². The summed E-state index contributed by atoms with van der Waals surface area (Å²) in [6.07, 6.45) is 4.64. The second-order valence-electron chi connectivity index (χ2n) is 4.72. The van der Waals surface area contributed by atoms with Gasteiger partial charge in [0, 0.05) is 24.1 Å². The maximum absolute atomic E-state index is 12.6. The molecule has 0 aromatic carbocycles. The van der Waals surface area contributed by atoms with E-state index in [-0.39, 0.29) is 23.0 Å². The van der Waals surface area contributed by atoms with Crippen LogP contribution in [0, 0.1) is 6.92 Å². The minimum absolute atomic E-state index is 0.133. The van der Waals surface area contributed by atoms with E-state index < -0.39 is 0 Å². The van der Waals surface area contributed by atoms with Crippen molar-refractivity contribution < 1.29 is 9.59 Å². The molecular formula is C15H9N3O2. The van der Waals surface area contributed by atoms with Crippen LogP contribution in [0.25, 0.3) is 5.52 Å². The third-order valence-electron chi connectivity index (χ3n) is 3.67. The van der Waals surface area contributed by atoms with Gasteiger partial charge in [-0.05, 0) is 24.6 Å². The van der Waals surface area contributed by atoms with E-state index in [0.29, 0.717) is 11.3 Å². The van der Waals surface area contributed by atoms with Gasteiger partial charge in [0.15, 0.2) is 0 Å². The van der Waals surface area contributed by atoms with Crippen LogP contribution in [-0.4, -0.2) is 25.9 Å². The molecule has 0 saturated heterocycles. The van der Waals surface area contributed by atoms with Gasteiger partial charge in [-0.15, -0.1) is 0 Å². The molecule has 1 aliphatic rings. The number of hydrogen-bond donors (Lipinski definition) is 0. The van der Waals surface area contributed by atoms with Crippen LogP contribution < -0.4 is 0 Å². The first-order valence-electron chi connectivity index (χ1n) is 6.20. The highest BCUT2D eigenvalue weighted by Crippen LogP contribution is 2.31. The van der Waals surface area contributed by atoms with Crippen LogP contribution in [-0.2, 0) is 0 Å².